The molecule has 1 aromatic carbocycles. The van der Waals surface area contributed by atoms with Gasteiger partial charge >= 0.3 is 0 Å². The molecule has 0 amide bonds. The molecule has 0 aliphatic carbocycles. The zero-order chi connectivity index (χ0) is 19.5. The number of piperidine rings is 1. The molecule has 28 heavy (non-hydrogen) atoms. The van der Waals surface area contributed by atoms with Crippen LogP contribution < -0.4 is 15.4 Å². The zero-order valence-corrected chi connectivity index (χ0v) is 20.4. The summed E-state index contributed by atoms with van der Waals surface area (Å²) in [6, 6.07) is 6.42. The van der Waals surface area contributed by atoms with E-state index in [1.54, 1.807) is 7.11 Å². The van der Waals surface area contributed by atoms with Crippen molar-refractivity contribution in [3.63, 3.8) is 0 Å². The van der Waals surface area contributed by atoms with Gasteiger partial charge in [-0.25, -0.2) is 0 Å². The molecule has 2 rings (SSSR count). The molecule has 0 radical (unpaired) electrons. The van der Waals surface area contributed by atoms with Gasteiger partial charge in [-0.1, -0.05) is 19.1 Å². The van der Waals surface area contributed by atoms with Gasteiger partial charge in [0, 0.05) is 19.6 Å². The van der Waals surface area contributed by atoms with E-state index in [4.69, 9.17) is 9.73 Å². The van der Waals surface area contributed by atoms with Crippen molar-refractivity contribution in [2.45, 2.75) is 46.5 Å². The highest BCUT2D eigenvalue weighted by atomic mass is 127. The third-order valence-corrected chi connectivity index (χ3v) is 5.48. The molecular formula is C22H39IN4O. The van der Waals surface area contributed by atoms with Gasteiger partial charge in [-0.2, -0.15) is 0 Å². The van der Waals surface area contributed by atoms with Gasteiger partial charge in [-0.15, -0.1) is 24.0 Å². The van der Waals surface area contributed by atoms with Crippen LogP contribution in [-0.2, 0) is 6.42 Å². The monoisotopic (exact) mass is 502 g/mol. The molecule has 2 N–H and O–H groups in total. The molecule has 1 aliphatic rings. The minimum absolute atomic E-state index is 0. The Morgan fingerprint density at radius 2 is 1.96 bits per heavy atom. The van der Waals surface area contributed by atoms with E-state index in [1.165, 1.54) is 50.0 Å². The van der Waals surface area contributed by atoms with Gasteiger partial charge in [0.05, 0.1) is 7.11 Å². The van der Waals surface area contributed by atoms with Crippen LogP contribution in [0, 0.1) is 12.8 Å². The number of aliphatic imine (C=N–C) groups is 1. The first kappa shape index (κ1) is 25.0. The Morgan fingerprint density at radius 3 is 2.61 bits per heavy atom. The lowest BCUT2D eigenvalue weighted by molar-refractivity contribution is 0.188. The van der Waals surface area contributed by atoms with E-state index in [-0.39, 0.29) is 24.0 Å². The average molecular weight is 502 g/mol. The SMILES string of the molecule is CCNC(=NCCC1CCN(CC)CC1)NCCc1ccc(C)c(OC)c1.I. The maximum Gasteiger partial charge on any atom is 0.191 e. The van der Waals surface area contributed by atoms with E-state index < -0.39 is 0 Å². The molecule has 0 unspecified atom stereocenters. The van der Waals surface area contributed by atoms with Crippen LogP contribution in [0.3, 0.4) is 0 Å². The lowest BCUT2D eigenvalue weighted by Gasteiger charge is -2.30. The molecule has 1 aromatic rings. The summed E-state index contributed by atoms with van der Waals surface area (Å²) >= 11 is 0. The van der Waals surface area contributed by atoms with Crippen molar-refractivity contribution in [1.29, 1.82) is 0 Å². The quantitative estimate of drug-likeness (QED) is 0.306. The second-order valence-corrected chi connectivity index (χ2v) is 7.41. The number of rotatable bonds is 9. The summed E-state index contributed by atoms with van der Waals surface area (Å²) < 4.78 is 5.42. The molecule has 0 bridgehead atoms. The molecule has 1 heterocycles. The summed E-state index contributed by atoms with van der Waals surface area (Å²) in [7, 11) is 1.73. The van der Waals surface area contributed by atoms with Crippen molar-refractivity contribution in [3.05, 3.63) is 29.3 Å². The minimum Gasteiger partial charge on any atom is -0.496 e. The van der Waals surface area contributed by atoms with E-state index in [0.29, 0.717) is 0 Å². The Balaban J connectivity index is 0.00000392. The number of nitrogens with zero attached hydrogens (tertiary/aromatic N) is 2. The van der Waals surface area contributed by atoms with E-state index in [0.717, 1.165) is 43.7 Å². The molecule has 6 heteroatoms. The number of aryl methyl sites for hydroxylation is 1. The molecule has 160 valence electrons. The van der Waals surface area contributed by atoms with Crippen LogP contribution in [0.5, 0.6) is 5.75 Å². The molecule has 1 fully saturated rings. The normalized spacial score (nSPS) is 15.8. The summed E-state index contributed by atoms with van der Waals surface area (Å²) in [5.41, 5.74) is 2.46. The fourth-order valence-electron chi connectivity index (χ4n) is 3.64. The van der Waals surface area contributed by atoms with E-state index in [2.05, 4.69) is 54.5 Å². The van der Waals surface area contributed by atoms with Crippen LogP contribution in [0.1, 0.15) is 44.2 Å². The van der Waals surface area contributed by atoms with Gasteiger partial charge in [0.2, 0.25) is 0 Å². The zero-order valence-electron chi connectivity index (χ0n) is 18.1. The third-order valence-electron chi connectivity index (χ3n) is 5.48. The van der Waals surface area contributed by atoms with E-state index in [9.17, 15) is 0 Å². The summed E-state index contributed by atoms with van der Waals surface area (Å²) in [5.74, 6) is 2.73. The van der Waals surface area contributed by atoms with Crippen molar-refractivity contribution in [1.82, 2.24) is 15.5 Å². The van der Waals surface area contributed by atoms with Crippen LogP contribution in [-0.4, -0.2) is 57.2 Å². The molecular weight excluding hydrogens is 463 g/mol. The number of guanidine groups is 1. The maximum absolute atomic E-state index is 5.42. The second-order valence-electron chi connectivity index (χ2n) is 7.41. The fraction of sp³-hybridized carbons (Fsp3) is 0.682. The summed E-state index contributed by atoms with van der Waals surface area (Å²) in [6.07, 6.45) is 4.80. The first-order valence-corrected chi connectivity index (χ1v) is 10.5. The van der Waals surface area contributed by atoms with Gasteiger partial charge in [0.25, 0.3) is 0 Å². The number of likely N-dealkylation sites (tertiary alicyclic amines) is 1. The van der Waals surface area contributed by atoms with Crippen molar-refractivity contribution in [3.8, 4) is 5.75 Å². The van der Waals surface area contributed by atoms with Gasteiger partial charge in [0.1, 0.15) is 5.75 Å². The summed E-state index contributed by atoms with van der Waals surface area (Å²) in [6.45, 7) is 12.8. The number of hydrogen-bond acceptors (Lipinski definition) is 3. The van der Waals surface area contributed by atoms with Crippen LogP contribution in [0.4, 0.5) is 0 Å². The summed E-state index contributed by atoms with van der Waals surface area (Å²) in [5, 5.41) is 6.83. The maximum atomic E-state index is 5.42. The number of ether oxygens (including phenoxy) is 1. The van der Waals surface area contributed by atoms with Gasteiger partial charge < -0.3 is 20.3 Å². The van der Waals surface area contributed by atoms with Crippen molar-refractivity contribution in [2.24, 2.45) is 10.9 Å². The first-order chi connectivity index (χ1) is 13.2. The lowest BCUT2D eigenvalue weighted by Crippen LogP contribution is -2.38. The Labute approximate surface area is 188 Å². The van der Waals surface area contributed by atoms with Gasteiger partial charge in [-0.05, 0) is 82.3 Å². The van der Waals surface area contributed by atoms with Crippen LogP contribution in [0.25, 0.3) is 0 Å². The highest BCUT2D eigenvalue weighted by Gasteiger charge is 2.17. The molecule has 1 saturated heterocycles. The van der Waals surface area contributed by atoms with Crippen molar-refractivity contribution < 1.29 is 4.74 Å². The first-order valence-electron chi connectivity index (χ1n) is 10.5. The highest BCUT2D eigenvalue weighted by Crippen LogP contribution is 2.20. The minimum atomic E-state index is 0. The standard InChI is InChI=1S/C22H38N4O.HI/c1-5-23-22(24-13-9-19-11-15-26(6-2)16-12-19)25-14-10-20-8-7-18(3)21(17-20)27-4;/h7-8,17,19H,5-6,9-16H2,1-4H3,(H2,23,24,25);1H. The molecule has 0 atom stereocenters. The largest absolute Gasteiger partial charge is 0.496 e. The highest BCUT2D eigenvalue weighted by molar-refractivity contribution is 14.0. The Bertz CT molecular complexity index is 586. The van der Waals surface area contributed by atoms with E-state index in [1.807, 2.05) is 0 Å². The Hall–Kier alpha value is -1.02. The smallest absolute Gasteiger partial charge is 0.191 e. The average Bonchev–Trinajstić information content (AvgIpc) is 2.69. The van der Waals surface area contributed by atoms with Crippen LogP contribution >= 0.6 is 24.0 Å². The Kier molecular flexibility index (Phi) is 12.5. The van der Waals surface area contributed by atoms with Gasteiger partial charge in [-0.3, -0.25) is 4.99 Å². The number of benzene rings is 1. The molecule has 0 saturated carbocycles. The predicted molar refractivity (Wildman–Crippen MR) is 130 cm³/mol. The van der Waals surface area contributed by atoms with E-state index >= 15 is 0 Å². The molecule has 0 spiro atoms. The molecule has 0 aromatic heterocycles. The molecule has 5 nitrogen and oxygen atoms in total. The van der Waals surface area contributed by atoms with Crippen molar-refractivity contribution >= 4 is 29.9 Å². The number of hydrogen-bond donors (Lipinski definition) is 2. The predicted octanol–water partition coefficient (Wildman–Crippen LogP) is 3.84. The number of nitrogens with one attached hydrogen (secondary N) is 2. The van der Waals surface area contributed by atoms with Gasteiger partial charge in [0.15, 0.2) is 5.96 Å². The number of methoxy groups -OCH3 is 1. The van der Waals surface area contributed by atoms with Crippen LogP contribution in [0.2, 0.25) is 0 Å². The number of halogens is 1. The van der Waals surface area contributed by atoms with Crippen LogP contribution in [0.15, 0.2) is 23.2 Å². The third kappa shape index (κ3) is 8.55. The fourth-order valence-corrected chi connectivity index (χ4v) is 3.64. The van der Waals surface area contributed by atoms with Crippen molar-refractivity contribution in [2.75, 3.05) is 46.4 Å². The molecule has 1 aliphatic heterocycles. The topological polar surface area (TPSA) is 48.9 Å². The second kappa shape index (κ2) is 14.0. The lowest BCUT2D eigenvalue weighted by atomic mass is 9.94. The Morgan fingerprint density at radius 1 is 1.21 bits per heavy atom. The summed E-state index contributed by atoms with van der Waals surface area (Å²) in [4.78, 5) is 7.33.